The van der Waals surface area contributed by atoms with Crippen LogP contribution in [0.2, 0.25) is 0 Å². The van der Waals surface area contributed by atoms with Gasteiger partial charge in [0.1, 0.15) is 12.4 Å². The molecular formula is C8H11N5O2. The van der Waals surface area contributed by atoms with Gasteiger partial charge in [0.25, 0.3) is 5.56 Å². The number of hydrogen-bond donors (Lipinski definition) is 2. The Morgan fingerprint density at radius 1 is 1.53 bits per heavy atom. The first kappa shape index (κ1) is 9.78. The van der Waals surface area contributed by atoms with Gasteiger partial charge in [-0.05, 0) is 6.42 Å². The first-order chi connectivity index (χ1) is 7.26. The Balaban J connectivity index is 2.67. The second kappa shape index (κ2) is 3.77. The molecule has 0 aliphatic rings. The quantitative estimate of drug-likeness (QED) is 0.704. The van der Waals surface area contributed by atoms with Crippen molar-refractivity contribution in [2.45, 2.75) is 26.5 Å². The smallest absolute Gasteiger partial charge is 0.281 e. The number of aromatic nitrogens is 5. The van der Waals surface area contributed by atoms with Gasteiger partial charge in [0.2, 0.25) is 0 Å². The van der Waals surface area contributed by atoms with Crippen LogP contribution in [-0.2, 0) is 13.2 Å². The van der Waals surface area contributed by atoms with Gasteiger partial charge in [-0.2, -0.15) is 0 Å². The predicted octanol–water partition coefficient (Wildman–Crippen LogP) is -0.583. The molecule has 2 aromatic rings. The molecule has 0 bridgehead atoms. The lowest BCUT2D eigenvalue weighted by Gasteiger charge is -1.98. The normalized spacial score (nSPS) is 11.1. The highest BCUT2D eigenvalue weighted by molar-refractivity contribution is 5.67. The standard InChI is InChI=1S/C8H11N5O2/c1-2-3-13-7-6(11-12-13)8(15)10-5(4-14)9-7/h14H,2-4H2,1H3,(H,9,10,15). The number of aliphatic hydroxyl groups excluding tert-OH is 1. The van der Waals surface area contributed by atoms with Crippen LogP contribution >= 0.6 is 0 Å². The highest BCUT2D eigenvalue weighted by atomic mass is 16.3. The molecule has 0 spiro atoms. The zero-order valence-corrected chi connectivity index (χ0v) is 8.27. The second-order valence-corrected chi connectivity index (χ2v) is 3.16. The zero-order valence-electron chi connectivity index (χ0n) is 8.27. The van der Waals surface area contributed by atoms with Crippen molar-refractivity contribution in [3.8, 4) is 0 Å². The van der Waals surface area contributed by atoms with Gasteiger partial charge in [-0.3, -0.25) is 4.79 Å². The van der Waals surface area contributed by atoms with E-state index in [9.17, 15) is 4.79 Å². The lowest BCUT2D eigenvalue weighted by Crippen LogP contribution is -2.13. The second-order valence-electron chi connectivity index (χ2n) is 3.16. The summed E-state index contributed by atoms with van der Waals surface area (Å²) >= 11 is 0. The molecule has 0 aliphatic heterocycles. The third-order valence-electron chi connectivity index (χ3n) is 2.01. The fourth-order valence-electron chi connectivity index (χ4n) is 1.35. The minimum absolute atomic E-state index is 0.209. The molecule has 80 valence electrons. The Kier molecular flexibility index (Phi) is 2.46. The molecule has 0 fully saturated rings. The van der Waals surface area contributed by atoms with E-state index in [4.69, 9.17) is 5.11 Å². The molecule has 2 heterocycles. The fourth-order valence-corrected chi connectivity index (χ4v) is 1.35. The number of aryl methyl sites for hydroxylation is 1. The number of nitrogens with zero attached hydrogens (tertiary/aromatic N) is 4. The van der Waals surface area contributed by atoms with Crippen molar-refractivity contribution in [2.24, 2.45) is 0 Å². The van der Waals surface area contributed by atoms with Crippen molar-refractivity contribution >= 4 is 11.2 Å². The molecule has 15 heavy (non-hydrogen) atoms. The van der Waals surface area contributed by atoms with Gasteiger partial charge in [0.15, 0.2) is 11.2 Å². The van der Waals surface area contributed by atoms with Gasteiger partial charge in [0, 0.05) is 6.54 Å². The van der Waals surface area contributed by atoms with Crippen LogP contribution in [0.4, 0.5) is 0 Å². The lowest BCUT2D eigenvalue weighted by atomic mass is 10.4. The molecule has 2 N–H and O–H groups in total. The average molecular weight is 209 g/mol. The third-order valence-corrected chi connectivity index (χ3v) is 2.01. The van der Waals surface area contributed by atoms with Crippen LogP contribution in [0, 0.1) is 0 Å². The first-order valence-electron chi connectivity index (χ1n) is 4.69. The maximum atomic E-state index is 11.5. The summed E-state index contributed by atoms with van der Waals surface area (Å²) in [6, 6.07) is 0. The van der Waals surface area contributed by atoms with Crippen molar-refractivity contribution in [2.75, 3.05) is 0 Å². The molecular weight excluding hydrogens is 198 g/mol. The summed E-state index contributed by atoms with van der Waals surface area (Å²) in [5.74, 6) is 0.229. The molecule has 0 radical (unpaired) electrons. The van der Waals surface area contributed by atoms with E-state index in [0.29, 0.717) is 12.2 Å². The summed E-state index contributed by atoms with van der Waals surface area (Å²) in [6.45, 7) is 2.34. The monoisotopic (exact) mass is 209 g/mol. The van der Waals surface area contributed by atoms with Crippen molar-refractivity contribution in [1.82, 2.24) is 25.0 Å². The maximum Gasteiger partial charge on any atom is 0.281 e. The summed E-state index contributed by atoms with van der Waals surface area (Å²) in [4.78, 5) is 17.9. The van der Waals surface area contributed by atoms with Gasteiger partial charge >= 0.3 is 0 Å². The SMILES string of the molecule is CCCn1nnc2c(=O)[nH]c(CO)nc21. The van der Waals surface area contributed by atoms with E-state index < -0.39 is 0 Å². The third kappa shape index (κ3) is 1.61. The number of hydrogen-bond acceptors (Lipinski definition) is 5. The lowest BCUT2D eigenvalue weighted by molar-refractivity contribution is 0.271. The minimum Gasteiger partial charge on any atom is -0.388 e. The molecule has 0 unspecified atom stereocenters. The van der Waals surface area contributed by atoms with E-state index in [1.165, 1.54) is 0 Å². The fraction of sp³-hybridized carbons (Fsp3) is 0.500. The van der Waals surface area contributed by atoms with Crippen LogP contribution in [0.25, 0.3) is 11.2 Å². The van der Waals surface area contributed by atoms with Gasteiger partial charge < -0.3 is 10.1 Å². The van der Waals surface area contributed by atoms with Crippen molar-refractivity contribution in [1.29, 1.82) is 0 Å². The van der Waals surface area contributed by atoms with E-state index in [0.717, 1.165) is 6.42 Å². The van der Waals surface area contributed by atoms with Crippen molar-refractivity contribution in [3.05, 3.63) is 16.2 Å². The van der Waals surface area contributed by atoms with Gasteiger partial charge in [0.05, 0.1) is 0 Å². The number of H-pyrrole nitrogens is 1. The van der Waals surface area contributed by atoms with Crippen LogP contribution in [-0.4, -0.2) is 30.1 Å². The summed E-state index contributed by atoms with van der Waals surface area (Å²) < 4.78 is 1.56. The van der Waals surface area contributed by atoms with Gasteiger partial charge in [-0.15, -0.1) is 5.10 Å². The molecule has 0 aromatic carbocycles. The average Bonchev–Trinajstić information content (AvgIpc) is 2.63. The molecule has 2 rings (SSSR count). The summed E-state index contributed by atoms with van der Waals surface area (Å²) in [6.07, 6.45) is 0.876. The summed E-state index contributed by atoms with van der Waals surface area (Å²) in [5.41, 5.74) is 0.261. The summed E-state index contributed by atoms with van der Waals surface area (Å²) in [7, 11) is 0. The maximum absolute atomic E-state index is 11.5. The Morgan fingerprint density at radius 2 is 2.33 bits per heavy atom. The van der Waals surface area contributed by atoms with E-state index in [2.05, 4.69) is 20.3 Å². The number of nitrogens with one attached hydrogen (secondary N) is 1. The summed E-state index contributed by atoms with van der Waals surface area (Å²) in [5, 5.41) is 16.5. The molecule has 2 aromatic heterocycles. The molecule has 0 saturated carbocycles. The first-order valence-corrected chi connectivity index (χ1v) is 4.69. The Labute approximate surface area is 84.8 Å². The molecule has 0 atom stereocenters. The van der Waals surface area contributed by atoms with E-state index in [1.807, 2.05) is 6.92 Å². The minimum atomic E-state index is -0.369. The Bertz CT molecular complexity index is 529. The number of rotatable bonds is 3. The highest BCUT2D eigenvalue weighted by Crippen LogP contribution is 2.03. The molecule has 0 aliphatic carbocycles. The largest absolute Gasteiger partial charge is 0.388 e. The highest BCUT2D eigenvalue weighted by Gasteiger charge is 2.10. The van der Waals surface area contributed by atoms with Crippen LogP contribution in [0.5, 0.6) is 0 Å². The molecule has 7 nitrogen and oxygen atoms in total. The van der Waals surface area contributed by atoms with Gasteiger partial charge in [-0.25, -0.2) is 9.67 Å². The number of fused-ring (bicyclic) bond motifs is 1. The predicted molar refractivity (Wildman–Crippen MR) is 52.2 cm³/mol. The number of aliphatic hydroxyl groups is 1. The van der Waals surface area contributed by atoms with Crippen LogP contribution < -0.4 is 5.56 Å². The van der Waals surface area contributed by atoms with Gasteiger partial charge in [-0.1, -0.05) is 12.1 Å². The zero-order chi connectivity index (χ0) is 10.8. The molecule has 0 amide bonds. The number of aromatic amines is 1. The van der Waals surface area contributed by atoms with Crippen molar-refractivity contribution in [3.63, 3.8) is 0 Å². The Morgan fingerprint density at radius 3 is 3.00 bits per heavy atom. The van der Waals surface area contributed by atoms with Crippen molar-refractivity contribution < 1.29 is 5.11 Å². The van der Waals surface area contributed by atoms with E-state index in [1.54, 1.807) is 4.68 Å². The van der Waals surface area contributed by atoms with Crippen LogP contribution in [0.1, 0.15) is 19.2 Å². The van der Waals surface area contributed by atoms with Crippen LogP contribution in [0.15, 0.2) is 4.79 Å². The molecule has 7 heteroatoms. The molecule has 0 saturated heterocycles. The Hall–Kier alpha value is -1.76. The topological polar surface area (TPSA) is 96.7 Å². The van der Waals surface area contributed by atoms with Crippen LogP contribution in [0.3, 0.4) is 0 Å². The van der Waals surface area contributed by atoms with E-state index in [-0.39, 0.29) is 23.5 Å². The van der Waals surface area contributed by atoms with E-state index >= 15 is 0 Å².